The zero-order chi connectivity index (χ0) is 16.4. The van der Waals surface area contributed by atoms with Crippen molar-refractivity contribution in [3.8, 4) is 0 Å². The third-order valence-corrected chi connectivity index (χ3v) is 4.48. The van der Waals surface area contributed by atoms with E-state index in [0.717, 1.165) is 38.5 Å². The number of rotatable bonds is 9. The summed E-state index contributed by atoms with van der Waals surface area (Å²) in [5.74, 6) is -0.658. The van der Waals surface area contributed by atoms with E-state index in [9.17, 15) is 9.59 Å². The molecule has 1 rings (SSSR count). The normalized spacial score (nSPS) is 24.8. The summed E-state index contributed by atoms with van der Waals surface area (Å²) in [6.07, 6.45) is 6.45. The van der Waals surface area contributed by atoms with Crippen molar-refractivity contribution in [1.82, 2.24) is 0 Å². The van der Waals surface area contributed by atoms with Crippen molar-refractivity contribution in [2.45, 2.75) is 65.2 Å². The molecule has 0 aromatic heterocycles. The predicted molar refractivity (Wildman–Crippen MR) is 85.2 cm³/mol. The summed E-state index contributed by atoms with van der Waals surface area (Å²) in [6.45, 7) is 5.23. The van der Waals surface area contributed by atoms with Crippen LogP contribution in [0.25, 0.3) is 0 Å². The molecule has 1 fully saturated rings. The molecule has 0 aromatic rings. The molecule has 0 spiro atoms. The lowest BCUT2D eigenvalue weighted by molar-refractivity contribution is -0.162. The van der Waals surface area contributed by atoms with Gasteiger partial charge in [0.1, 0.15) is 0 Å². The molecule has 1 aliphatic carbocycles. The van der Waals surface area contributed by atoms with Gasteiger partial charge in [0.15, 0.2) is 0 Å². The Balaban J connectivity index is 2.59. The van der Waals surface area contributed by atoms with Crippen molar-refractivity contribution < 1.29 is 19.1 Å². The lowest BCUT2D eigenvalue weighted by atomic mass is 9.69. The molecule has 22 heavy (non-hydrogen) atoms. The smallest absolute Gasteiger partial charge is 0.313 e. The summed E-state index contributed by atoms with van der Waals surface area (Å²) in [5, 5.41) is 0. The molecule has 1 aliphatic rings. The molecule has 0 saturated heterocycles. The highest BCUT2D eigenvalue weighted by Gasteiger charge is 2.45. The van der Waals surface area contributed by atoms with Gasteiger partial charge in [0, 0.05) is 6.54 Å². The van der Waals surface area contributed by atoms with Crippen LogP contribution in [0.3, 0.4) is 0 Å². The highest BCUT2D eigenvalue weighted by atomic mass is 16.5. The number of hydrogen-bond acceptors (Lipinski definition) is 5. The first-order chi connectivity index (χ1) is 10.6. The van der Waals surface area contributed by atoms with Gasteiger partial charge in [0.2, 0.25) is 0 Å². The fraction of sp³-hybridized carbons (Fsp3) is 0.882. The predicted octanol–water partition coefficient (Wildman–Crippen LogP) is 2.81. The molecule has 5 nitrogen and oxygen atoms in total. The fourth-order valence-electron chi connectivity index (χ4n) is 2.92. The van der Waals surface area contributed by atoms with Gasteiger partial charge in [-0.15, -0.1) is 0 Å². The second-order valence-electron chi connectivity index (χ2n) is 6.29. The maximum Gasteiger partial charge on any atom is 0.313 e. The van der Waals surface area contributed by atoms with Crippen molar-refractivity contribution >= 4 is 11.9 Å². The number of unbranched alkanes of at least 4 members (excludes halogenated alkanes) is 2. The Morgan fingerprint density at radius 1 is 1.14 bits per heavy atom. The molecule has 2 atom stereocenters. The topological polar surface area (TPSA) is 78.6 Å². The van der Waals surface area contributed by atoms with Crippen LogP contribution in [0.15, 0.2) is 0 Å². The SMILES string of the molecule is CCCCOC(=O)C1CCCC(CN)(C(=O)OCCCC)C1. The molecule has 5 heteroatoms. The molecule has 2 N–H and O–H groups in total. The molecule has 0 radical (unpaired) electrons. The first kappa shape index (κ1) is 18.9. The fourth-order valence-corrected chi connectivity index (χ4v) is 2.92. The van der Waals surface area contributed by atoms with Crippen LogP contribution < -0.4 is 5.73 Å². The Labute approximate surface area is 133 Å². The molecule has 1 saturated carbocycles. The van der Waals surface area contributed by atoms with Gasteiger partial charge in [-0.1, -0.05) is 33.1 Å². The third-order valence-electron chi connectivity index (χ3n) is 4.48. The van der Waals surface area contributed by atoms with E-state index in [0.29, 0.717) is 26.1 Å². The van der Waals surface area contributed by atoms with Gasteiger partial charge in [0.05, 0.1) is 24.5 Å². The Morgan fingerprint density at radius 3 is 2.36 bits per heavy atom. The van der Waals surface area contributed by atoms with Crippen LogP contribution in [-0.4, -0.2) is 31.7 Å². The van der Waals surface area contributed by atoms with Crippen molar-refractivity contribution in [2.24, 2.45) is 17.1 Å². The molecular formula is C17H31NO4. The summed E-state index contributed by atoms with van der Waals surface area (Å²) in [5.41, 5.74) is 5.17. The molecule has 2 unspecified atom stereocenters. The first-order valence-corrected chi connectivity index (χ1v) is 8.63. The molecule has 0 aromatic carbocycles. The number of ether oxygens (including phenoxy) is 2. The van der Waals surface area contributed by atoms with Crippen LogP contribution in [0.1, 0.15) is 65.2 Å². The van der Waals surface area contributed by atoms with Gasteiger partial charge in [-0.25, -0.2) is 0 Å². The quantitative estimate of drug-likeness (QED) is 0.523. The second-order valence-corrected chi connectivity index (χ2v) is 6.29. The number of carbonyl (C=O) groups is 2. The van der Waals surface area contributed by atoms with E-state index in [-0.39, 0.29) is 24.4 Å². The molecule has 0 heterocycles. The second kappa shape index (κ2) is 9.82. The summed E-state index contributed by atoms with van der Waals surface area (Å²) < 4.78 is 10.7. The summed E-state index contributed by atoms with van der Waals surface area (Å²) >= 11 is 0. The monoisotopic (exact) mass is 313 g/mol. The van der Waals surface area contributed by atoms with Crippen molar-refractivity contribution in [3.63, 3.8) is 0 Å². The maximum absolute atomic E-state index is 12.4. The highest BCUT2D eigenvalue weighted by Crippen LogP contribution is 2.40. The van der Waals surface area contributed by atoms with Gasteiger partial charge < -0.3 is 15.2 Å². The van der Waals surface area contributed by atoms with Crippen molar-refractivity contribution in [3.05, 3.63) is 0 Å². The molecule has 0 amide bonds. The summed E-state index contributed by atoms with van der Waals surface area (Å²) in [7, 11) is 0. The molecule has 0 bridgehead atoms. The number of esters is 2. The average molecular weight is 313 g/mol. The molecular weight excluding hydrogens is 282 g/mol. The minimum Gasteiger partial charge on any atom is -0.465 e. The van der Waals surface area contributed by atoms with Crippen LogP contribution in [-0.2, 0) is 19.1 Å². The van der Waals surface area contributed by atoms with E-state index in [1.807, 2.05) is 0 Å². The Morgan fingerprint density at radius 2 is 1.77 bits per heavy atom. The third kappa shape index (κ3) is 5.27. The van der Waals surface area contributed by atoms with Gasteiger partial charge in [0.25, 0.3) is 0 Å². The van der Waals surface area contributed by atoms with E-state index >= 15 is 0 Å². The van der Waals surface area contributed by atoms with E-state index in [4.69, 9.17) is 15.2 Å². The van der Waals surface area contributed by atoms with Crippen LogP contribution in [0.4, 0.5) is 0 Å². The van der Waals surface area contributed by atoms with E-state index in [1.165, 1.54) is 0 Å². The average Bonchev–Trinajstić information content (AvgIpc) is 2.55. The highest BCUT2D eigenvalue weighted by molar-refractivity contribution is 5.80. The van der Waals surface area contributed by atoms with Gasteiger partial charge in [-0.3, -0.25) is 9.59 Å². The standard InChI is InChI=1S/C17H31NO4/c1-3-5-10-21-15(19)14-8-7-9-17(12-14,13-18)16(20)22-11-6-4-2/h14H,3-13,18H2,1-2H3. The maximum atomic E-state index is 12.4. The Hall–Kier alpha value is -1.10. The van der Waals surface area contributed by atoms with Crippen LogP contribution in [0, 0.1) is 11.3 Å². The van der Waals surface area contributed by atoms with E-state index < -0.39 is 5.41 Å². The van der Waals surface area contributed by atoms with Gasteiger partial charge in [-0.2, -0.15) is 0 Å². The Kier molecular flexibility index (Phi) is 8.46. The lowest BCUT2D eigenvalue weighted by Gasteiger charge is -2.37. The zero-order valence-electron chi connectivity index (χ0n) is 14.1. The van der Waals surface area contributed by atoms with Gasteiger partial charge >= 0.3 is 11.9 Å². The number of carbonyl (C=O) groups excluding carboxylic acids is 2. The lowest BCUT2D eigenvalue weighted by Crippen LogP contribution is -2.45. The van der Waals surface area contributed by atoms with Crippen molar-refractivity contribution in [2.75, 3.05) is 19.8 Å². The largest absolute Gasteiger partial charge is 0.465 e. The molecule has 0 aliphatic heterocycles. The summed E-state index contributed by atoms with van der Waals surface area (Å²) in [4.78, 5) is 24.5. The molecule has 128 valence electrons. The summed E-state index contributed by atoms with van der Waals surface area (Å²) in [6, 6.07) is 0. The minimum absolute atomic E-state index is 0.188. The van der Waals surface area contributed by atoms with Gasteiger partial charge in [-0.05, 0) is 32.1 Å². The number of hydrogen-bond donors (Lipinski definition) is 1. The minimum atomic E-state index is -0.708. The van der Waals surface area contributed by atoms with Crippen molar-refractivity contribution in [1.29, 1.82) is 0 Å². The van der Waals surface area contributed by atoms with Crippen LogP contribution in [0.5, 0.6) is 0 Å². The first-order valence-electron chi connectivity index (χ1n) is 8.63. The van der Waals surface area contributed by atoms with Crippen LogP contribution in [0.2, 0.25) is 0 Å². The zero-order valence-corrected chi connectivity index (χ0v) is 14.1. The number of nitrogens with two attached hydrogens (primary N) is 1. The van der Waals surface area contributed by atoms with E-state index in [1.54, 1.807) is 0 Å². The van der Waals surface area contributed by atoms with Crippen LogP contribution >= 0.6 is 0 Å². The Bertz CT molecular complexity index is 359. The van der Waals surface area contributed by atoms with E-state index in [2.05, 4.69) is 13.8 Å².